The number of amides is 2. The third-order valence-electron chi connectivity index (χ3n) is 5.11. The summed E-state index contributed by atoms with van der Waals surface area (Å²) in [6.07, 6.45) is -4.40. The molecule has 14 heteroatoms. The second kappa shape index (κ2) is 11.6. The summed E-state index contributed by atoms with van der Waals surface area (Å²) in [5, 5.41) is 8.76. The van der Waals surface area contributed by atoms with Gasteiger partial charge in [0.1, 0.15) is 11.6 Å². The molecule has 0 aliphatic rings. The molecule has 37 heavy (non-hydrogen) atoms. The highest BCUT2D eigenvalue weighted by Gasteiger charge is 2.38. The van der Waals surface area contributed by atoms with Gasteiger partial charge >= 0.3 is 18.1 Å². The van der Waals surface area contributed by atoms with Gasteiger partial charge in [-0.15, -0.1) is 10.2 Å². The number of carbonyl (C=O) groups excluding carboxylic acids is 1. The second-order valence-corrected chi connectivity index (χ2v) is 10.2. The third kappa shape index (κ3) is 7.41. The van der Waals surface area contributed by atoms with Crippen LogP contribution in [0.2, 0.25) is 0 Å². The van der Waals surface area contributed by atoms with Crippen molar-refractivity contribution in [1.29, 1.82) is 0 Å². The summed E-state index contributed by atoms with van der Waals surface area (Å²) < 4.78 is 86.9. The van der Waals surface area contributed by atoms with Gasteiger partial charge in [-0.3, -0.25) is 4.90 Å². The zero-order chi connectivity index (χ0) is 27.2. The van der Waals surface area contributed by atoms with Gasteiger partial charge in [0.25, 0.3) is 0 Å². The summed E-state index contributed by atoms with van der Waals surface area (Å²) in [7, 11) is -1.90. The molecule has 0 saturated heterocycles. The summed E-state index contributed by atoms with van der Waals surface area (Å²) in [5.74, 6) is -2.76. The van der Waals surface area contributed by atoms with E-state index >= 15 is 0 Å². The Morgan fingerprint density at radius 3 is 2.51 bits per heavy atom. The van der Waals surface area contributed by atoms with Gasteiger partial charge in [-0.2, -0.15) is 13.2 Å². The van der Waals surface area contributed by atoms with Crippen LogP contribution in [0.15, 0.2) is 46.9 Å². The van der Waals surface area contributed by atoms with Crippen LogP contribution in [-0.2, 0) is 22.6 Å². The summed E-state index contributed by atoms with van der Waals surface area (Å²) >= 11 is 0. The van der Waals surface area contributed by atoms with Gasteiger partial charge in [-0.1, -0.05) is 19.1 Å². The molecule has 0 saturated carbocycles. The maximum Gasteiger partial charge on any atom is 0.470 e. The van der Waals surface area contributed by atoms with Crippen molar-refractivity contribution in [3.05, 3.63) is 59.7 Å². The maximum absolute atomic E-state index is 15.0. The Balaban J connectivity index is 1.84. The summed E-state index contributed by atoms with van der Waals surface area (Å²) in [6.45, 7) is 1.29. The number of rotatable bonds is 10. The molecule has 0 fully saturated rings. The van der Waals surface area contributed by atoms with E-state index in [4.69, 9.17) is 4.74 Å². The van der Waals surface area contributed by atoms with Crippen LogP contribution in [0.1, 0.15) is 24.8 Å². The van der Waals surface area contributed by atoms with E-state index in [0.29, 0.717) is 17.9 Å². The van der Waals surface area contributed by atoms with Crippen molar-refractivity contribution in [3.8, 4) is 17.2 Å². The van der Waals surface area contributed by atoms with E-state index in [1.165, 1.54) is 30.2 Å². The first-order valence-corrected chi connectivity index (χ1v) is 12.8. The molecule has 0 unspecified atom stereocenters. The number of nitrogens with one attached hydrogen (secondary N) is 1. The SMILES string of the molecule is CCCS(=O)(=O)CCNC(=O)N(Cc1ccc(-c2nnc(C(F)(F)F)o2)cc1F)c1cccc(OC)c1. The molecule has 0 radical (unpaired) electrons. The molecule has 3 rings (SSSR count). The van der Waals surface area contributed by atoms with Crippen LogP contribution in [-0.4, -0.2) is 49.8 Å². The predicted molar refractivity (Wildman–Crippen MR) is 126 cm³/mol. The van der Waals surface area contributed by atoms with Crippen LogP contribution in [0.5, 0.6) is 5.75 Å². The van der Waals surface area contributed by atoms with E-state index in [0.717, 1.165) is 6.07 Å². The number of nitrogens with zero attached hydrogens (tertiary/aromatic N) is 3. The number of anilines is 1. The summed E-state index contributed by atoms with van der Waals surface area (Å²) in [4.78, 5) is 14.2. The zero-order valence-electron chi connectivity index (χ0n) is 19.9. The van der Waals surface area contributed by atoms with Gasteiger partial charge in [-0.25, -0.2) is 17.6 Å². The van der Waals surface area contributed by atoms with Crippen LogP contribution in [0.3, 0.4) is 0 Å². The van der Waals surface area contributed by atoms with Gasteiger partial charge in [0.15, 0.2) is 9.84 Å². The molecule has 2 amide bonds. The Hall–Kier alpha value is -3.68. The van der Waals surface area contributed by atoms with E-state index in [2.05, 4.69) is 19.9 Å². The Labute approximate surface area is 210 Å². The lowest BCUT2D eigenvalue weighted by atomic mass is 10.1. The molecule has 1 heterocycles. The van der Waals surface area contributed by atoms with Crippen molar-refractivity contribution < 1.29 is 39.9 Å². The largest absolute Gasteiger partial charge is 0.497 e. The summed E-state index contributed by atoms with van der Waals surface area (Å²) in [5.41, 5.74) is 0.280. The van der Waals surface area contributed by atoms with Crippen molar-refractivity contribution in [2.24, 2.45) is 0 Å². The van der Waals surface area contributed by atoms with Gasteiger partial charge in [0.2, 0.25) is 5.89 Å². The highest BCUT2D eigenvalue weighted by atomic mass is 32.2. The number of methoxy groups -OCH3 is 1. The fourth-order valence-electron chi connectivity index (χ4n) is 3.31. The van der Waals surface area contributed by atoms with Crippen molar-refractivity contribution in [1.82, 2.24) is 15.5 Å². The van der Waals surface area contributed by atoms with Gasteiger partial charge in [0.05, 0.1) is 19.4 Å². The molecule has 0 spiro atoms. The van der Waals surface area contributed by atoms with E-state index in [9.17, 15) is 30.8 Å². The number of hydrogen-bond acceptors (Lipinski definition) is 7. The lowest BCUT2D eigenvalue weighted by Crippen LogP contribution is -2.41. The number of urea groups is 1. The first-order chi connectivity index (χ1) is 17.4. The Morgan fingerprint density at radius 1 is 1.14 bits per heavy atom. The monoisotopic (exact) mass is 544 g/mol. The standard InChI is InChI=1S/C23H24F4N4O5S/c1-3-10-37(33,34)11-9-28-22(32)31(17-5-4-6-18(13-17)35-2)14-16-8-7-15(12-19(16)24)20-29-30-21(36-20)23(25,26)27/h4-8,12-13H,3,9-11,14H2,1-2H3,(H,28,32). The van der Waals surface area contributed by atoms with E-state index in [-0.39, 0.29) is 35.7 Å². The quantitative estimate of drug-likeness (QED) is 0.375. The minimum Gasteiger partial charge on any atom is -0.497 e. The Kier molecular flexibility index (Phi) is 8.73. The molecule has 0 aliphatic heterocycles. The highest BCUT2D eigenvalue weighted by Crippen LogP contribution is 2.31. The molecular formula is C23H24F4N4O5S. The molecule has 0 aliphatic carbocycles. The fraction of sp³-hybridized carbons (Fsp3) is 0.348. The molecule has 0 bridgehead atoms. The number of benzene rings is 2. The second-order valence-electron chi connectivity index (χ2n) is 7.89. The molecular weight excluding hydrogens is 520 g/mol. The number of halogens is 4. The lowest BCUT2D eigenvalue weighted by Gasteiger charge is -2.24. The molecule has 2 aromatic carbocycles. The summed E-state index contributed by atoms with van der Waals surface area (Å²) in [6, 6.07) is 9.17. The van der Waals surface area contributed by atoms with Crippen LogP contribution in [0, 0.1) is 5.82 Å². The van der Waals surface area contributed by atoms with Gasteiger partial charge < -0.3 is 14.5 Å². The molecule has 1 N–H and O–H groups in total. The predicted octanol–water partition coefficient (Wildman–Crippen LogP) is 4.44. The molecule has 0 atom stereocenters. The number of carbonyl (C=O) groups is 1. The molecule has 1 aromatic heterocycles. The zero-order valence-corrected chi connectivity index (χ0v) is 20.7. The third-order valence-corrected chi connectivity index (χ3v) is 6.97. The first kappa shape index (κ1) is 27.9. The van der Waals surface area contributed by atoms with Gasteiger partial charge in [0, 0.05) is 35.2 Å². The highest BCUT2D eigenvalue weighted by molar-refractivity contribution is 7.91. The molecule has 3 aromatic rings. The Morgan fingerprint density at radius 2 is 1.89 bits per heavy atom. The fourth-order valence-corrected chi connectivity index (χ4v) is 4.55. The smallest absolute Gasteiger partial charge is 0.470 e. The van der Waals surface area contributed by atoms with E-state index in [1.54, 1.807) is 25.1 Å². The van der Waals surface area contributed by atoms with Crippen molar-refractivity contribution in [3.63, 3.8) is 0 Å². The average molecular weight is 545 g/mol. The van der Waals surface area contributed by atoms with Crippen LogP contribution in [0.4, 0.5) is 28.0 Å². The number of aromatic nitrogens is 2. The van der Waals surface area contributed by atoms with Crippen LogP contribution in [0.25, 0.3) is 11.5 Å². The Bertz CT molecular complexity index is 1340. The molecule has 200 valence electrons. The topological polar surface area (TPSA) is 115 Å². The minimum atomic E-state index is -4.84. The van der Waals surface area contributed by atoms with E-state index < -0.39 is 39.6 Å². The maximum atomic E-state index is 15.0. The van der Waals surface area contributed by atoms with E-state index in [1.807, 2.05) is 0 Å². The molecule has 9 nitrogen and oxygen atoms in total. The number of sulfone groups is 1. The van der Waals surface area contributed by atoms with Crippen molar-refractivity contribution in [2.75, 3.05) is 30.1 Å². The van der Waals surface area contributed by atoms with Crippen LogP contribution < -0.4 is 15.0 Å². The van der Waals surface area contributed by atoms with Gasteiger partial charge in [-0.05, 0) is 30.7 Å². The minimum absolute atomic E-state index is 0.00939. The number of hydrogen-bond donors (Lipinski definition) is 1. The normalized spacial score (nSPS) is 11.8. The van der Waals surface area contributed by atoms with Crippen molar-refractivity contribution in [2.45, 2.75) is 26.1 Å². The van der Waals surface area contributed by atoms with Crippen LogP contribution >= 0.6 is 0 Å². The average Bonchev–Trinajstić information content (AvgIpc) is 3.34. The first-order valence-electron chi connectivity index (χ1n) is 11.0. The number of alkyl halides is 3. The lowest BCUT2D eigenvalue weighted by molar-refractivity contribution is -0.156. The van der Waals surface area contributed by atoms with Crippen molar-refractivity contribution >= 4 is 21.6 Å². The number of ether oxygens (including phenoxy) is 1.